The van der Waals surface area contributed by atoms with Crippen molar-refractivity contribution in [2.45, 2.75) is 25.8 Å². The second-order valence-electron chi connectivity index (χ2n) is 6.95. The number of carboxylic acids is 1. The summed E-state index contributed by atoms with van der Waals surface area (Å²) in [5.41, 5.74) is 2.53. The highest BCUT2D eigenvalue weighted by Crippen LogP contribution is 2.21. The highest BCUT2D eigenvalue weighted by molar-refractivity contribution is 5.94. The van der Waals surface area contributed by atoms with Crippen LogP contribution >= 0.6 is 0 Å². The Morgan fingerprint density at radius 1 is 1.14 bits per heavy atom. The summed E-state index contributed by atoms with van der Waals surface area (Å²) < 4.78 is 5.25. The first kappa shape index (κ1) is 20.4. The van der Waals surface area contributed by atoms with Gasteiger partial charge >= 0.3 is 5.97 Å². The Morgan fingerprint density at radius 2 is 1.86 bits per heavy atom. The van der Waals surface area contributed by atoms with E-state index in [1.807, 2.05) is 17.0 Å². The van der Waals surface area contributed by atoms with Gasteiger partial charge in [-0.05, 0) is 48.2 Å². The average molecular weight is 396 g/mol. The maximum atomic E-state index is 12.4. The first-order chi connectivity index (χ1) is 14.0. The molecular formula is C22H24N2O5. The quantitative estimate of drug-likeness (QED) is 0.715. The van der Waals surface area contributed by atoms with E-state index in [-0.39, 0.29) is 17.4 Å². The van der Waals surface area contributed by atoms with Crippen LogP contribution in [0.5, 0.6) is 5.75 Å². The van der Waals surface area contributed by atoms with Crippen molar-refractivity contribution in [2.24, 2.45) is 0 Å². The zero-order valence-corrected chi connectivity index (χ0v) is 16.3. The van der Waals surface area contributed by atoms with Crippen molar-refractivity contribution in [3.05, 3.63) is 64.7 Å². The van der Waals surface area contributed by atoms with Crippen molar-refractivity contribution >= 4 is 17.8 Å². The van der Waals surface area contributed by atoms with Crippen LogP contribution in [0.2, 0.25) is 0 Å². The standard InChI is InChI=1S/C22H24N2O5/c1-29-19-13-18(22(27)28)9-8-16(19)10-11-23-21(26)17-6-4-15(5-7-17)14-24-12-2-3-20(24)25/h4-9,13H,2-3,10-12,14H2,1H3,(H,23,26)(H,27,28). The molecule has 2 aromatic rings. The number of methoxy groups -OCH3 is 1. The van der Waals surface area contributed by atoms with Gasteiger partial charge in [0.2, 0.25) is 5.91 Å². The number of amides is 2. The summed E-state index contributed by atoms with van der Waals surface area (Å²) in [4.78, 5) is 36.9. The molecule has 1 aliphatic heterocycles. The summed E-state index contributed by atoms with van der Waals surface area (Å²) in [6.07, 6.45) is 2.04. The van der Waals surface area contributed by atoms with Crippen molar-refractivity contribution in [2.75, 3.05) is 20.2 Å². The summed E-state index contributed by atoms with van der Waals surface area (Å²) in [5.74, 6) is -0.533. The van der Waals surface area contributed by atoms with E-state index in [0.717, 1.165) is 24.1 Å². The summed E-state index contributed by atoms with van der Waals surface area (Å²) in [6.45, 7) is 1.76. The smallest absolute Gasteiger partial charge is 0.335 e. The molecule has 0 bridgehead atoms. The SMILES string of the molecule is COc1cc(C(=O)O)ccc1CCNC(=O)c1ccc(CN2CCCC2=O)cc1. The Bertz CT molecular complexity index is 908. The van der Waals surface area contributed by atoms with E-state index in [4.69, 9.17) is 9.84 Å². The van der Waals surface area contributed by atoms with E-state index < -0.39 is 5.97 Å². The molecule has 1 saturated heterocycles. The lowest BCUT2D eigenvalue weighted by Gasteiger charge is -2.15. The Balaban J connectivity index is 1.53. The molecule has 152 valence electrons. The van der Waals surface area contributed by atoms with E-state index in [0.29, 0.717) is 37.2 Å². The van der Waals surface area contributed by atoms with Crippen LogP contribution < -0.4 is 10.1 Å². The minimum atomic E-state index is -1.01. The van der Waals surface area contributed by atoms with Crippen molar-refractivity contribution in [3.8, 4) is 5.75 Å². The first-order valence-corrected chi connectivity index (χ1v) is 9.53. The molecule has 2 amide bonds. The van der Waals surface area contributed by atoms with Gasteiger partial charge in [0.15, 0.2) is 0 Å². The molecule has 1 fully saturated rings. The van der Waals surface area contributed by atoms with Crippen LogP contribution in [-0.2, 0) is 17.8 Å². The fourth-order valence-corrected chi connectivity index (χ4v) is 3.35. The fraction of sp³-hybridized carbons (Fsp3) is 0.318. The number of rotatable bonds is 8. The Kier molecular flexibility index (Phi) is 6.49. The van der Waals surface area contributed by atoms with E-state index in [9.17, 15) is 14.4 Å². The minimum absolute atomic E-state index is 0.158. The normalized spacial score (nSPS) is 13.4. The van der Waals surface area contributed by atoms with Crippen molar-refractivity contribution in [3.63, 3.8) is 0 Å². The molecule has 7 nitrogen and oxygen atoms in total. The molecule has 0 radical (unpaired) electrons. The van der Waals surface area contributed by atoms with Crippen LogP contribution in [0.25, 0.3) is 0 Å². The van der Waals surface area contributed by atoms with Gasteiger partial charge in [0.25, 0.3) is 5.91 Å². The van der Waals surface area contributed by atoms with Gasteiger partial charge in [-0.2, -0.15) is 0 Å². The second kappa shape index (κ2) is 9.23. The molecule has 0 atom stereocenters. The number of carbonyl (C=O) groups is 3. The van der Waals surface area contributed by atoms with Gasteiger partial charge in [-0.25, -0.2) is 4.79 Å². The topological polar surface area (TPSA) is 95.9 Å². The lowest BCUT2D eigenvalue weighted by atomic mass is 10.1. The maximum Gasteiger partial charge on any atom is 0.335 e. The molecule has 2 N–H and O–H groups in total. The third-order valence-electron chi connectivity index (χ3n) is 4.97. The Morgan fingerprint density at radius 3 is 2.48 bits per heavy atom. The molecule has 0 spiro atoms. The van der Waals surface area contributed by atoms with E-state index >= 15 is 0 Å². The lowest BCUT2D eigenvalue weighted by molar-refractivity contribution is -0.128. The number of carbonyl (C=O) groups excluding carboxylic acids is 2. The van der Waals surface area contributed by atoms with Gasteiger partial charge in [0.05, 0.1) is 12.7 Å². The van der Waals surface area contributed by atoms with Crippen LogP contribution in [0.4, 0.5) is 0 Å². The van der Waals surface area contributed by atoms with E-state index in [1.54, 1.807) is 18.2 Å². The summed E-state index contributed by atoms with van der Waals surface area (Å²) in [6, 6.07) is 11.9. The van der Waals surface area contributed by atoms with Gasteiger partial charge in [-0.3, -0.25) is 9.59 Å². The Labute approximate surface area is 169 Å². The predicted molar refractivity (Wildman–Crippen MR) is 107 cm³/mol. The van der Waals surface area contributed by atoms with Gasteiger partial charge < -0.3 is 20.1 Å². The molecule has 1 aliphatic rings. The lowest BCUT2D eigenvalue weighted by Crippen LogP contribution is -2.26. The number of likely N-dealkylation sites (tertiary alicyclic amines) is 1. The first-order valence-electron chi connectivity index (χ1n) is 9.53. The zero-order chi connectivity index (χ0) is 20.8. The van der Waals surface area contributed by atoms with Gasteiger partial charge in [0, 0.05) is 31.6 Å². The summed E-state index contributed by atoms with van der Waals surface area (Å²) >= 11 is 0. The number of nitrogens with one attached hydrogen (secondary N) is 1. The largest absolute Gasteiger partial charge is 0.496 e. The third kappa shape index (κ3) is 5.13. The number of hydrogen-bond acceptors (Lipinski definition) is 4. The number of nitrogens with zero attached hydrogens (tertiary/aromatic N) is 1. The average Bonchev–Trinajstić information content (AvgIpc) is 3.12. The van der Waals surface area contributed by atoms with Crippen LogP contribution in [0.3, 0.4) is 0 Å². The number of aromatic carboxylic acids is 1. The van der Waals surface area contributed by atoms with Crippen molar-refractivity contribution < 1.29 is 24.2 Å². The molecule has 0 unspecified atom stereocenters. The molecule has 2 aromatic carbocycles. The molecule has 0 saturated carbocycles. The van der Waals surface area contributed by atoms with E-state index in [1.165, 1.54) is 19.2 Å². The van der Waals surface area contributed by atoms with Gasteiger partial charge in [-0.15, -0.1) is 0 Å². The van der Waals surface area contributed by atoms with E-state index in [2.05, 4.69) is 5.32 Å². The Hall–Kier alpha value is -3.35. The van der Waals surface area contributed by atoms with Crippen LogP contribution in [0.1, 0.15) is 44.7 Å². The van der Waals surface area contributed by atoms with Crippen molar-refractivity contribution in [1.82, 2.24) is 10.2 Å². The molecule has 3 rings (SSSR count). The zero-order valence-electron chi connectivity index (χ0n) is 16.3. The maximum absolute atomic E-state index is 12.4. The summed E-state index contributed by atoms with van der Waals surface area (Å²) in [7, 11) is 1.49. The molecule has 0 aliphatic carbocycles. The number of ether oxygens (including phenoxy) is 1. The highest BCUT2D eigenvalue weighted by atomic mass is 16.5. The molecule has 29 heavy (non-hydrogen) atoms. The van der Waals surface area contributed by atoms with Crippen LogP contribution in [-0.4, -0.2) is 48.0 Å². The molecule has 0 aromatic heterocycles. The monoisotopic (exact) mass is 396 g/mol. The van der Waals surface area contributed by atoms with Crippen molar-refractivity contribution in [1.29, 1.82) is 0 Å². The van der Waals surface area contributed by atoms with Gasteiger partial charge in [0.1, 0.15) is 5.75 Å². The number of benzene rings is 2. The minimum Gasteiger partial charge on any atom is -0.496 e. The summed E-state index contributed by atoms with van der Waals surface area (Å²) in [5, 5.41) is 11.9. The van der Waals surface area contributed by atoms with Crippen LogP contribution in [0.15, 0.2) is 42.5 Å². The van der Waals surface area contributed by atoms with Gasteiger partial charge in [-0.1, -0.05) is 18.2 Å². The molecule has 1 heterocycles. The van der Waals surface area contributed by atoms with Crippen LogP contribution in [0, 0.1) is 0 Å². The second-order valence-corrected chi connectivity index (χ2v) is 6.95. The molecular weight excluding hydrogens is 372 g/mol. The number of hydrogen-bond donors (Lipinski definition) is 2. The predicted octanol–water partition coefficient (Wildman–Crippen LogP) is 2.49. The third-order valence-corrected chi connectivity index (χ3v) is 4.97. The molecule has 7 heteroatoms. The number of carboxylic acid groups (broad SMARTS) is 1. The fourth-order valence-electron chi connectivity index (χ4n) is 3.35. The highest BCUT2D eigenvalue weighted by Gasteiger charge is 2.20.